The van der Waals surface area contributed by atoms with Crippen molar-refractivity contribution in [2.45, 2.75) is 26.9 Å². The highest BCUT2D eigenvalue weighted by Crippen LogP contribution is 2.22. The fourth-order valence-corrected chi connectivity index (χ4v) is 2.38. The van der Waals surface area contributed by atoms with Crippen molar-refractivity contribution in [2.24, 2.45) is 0 Å². The molecule has 19 heavy (non-hydrogen) atoms. The van der Waals surface area contributed by atoms with E-state index in [1.54, 1.807) is 29.5 Å². The number of nitrogens with zero attached hydrogens (tertiary/aromatic N) is 1. The summed E-state index contributed by atoms with van der Waals surface area (Å²) in [7, 11) is 0. The van der Waals surface area contributed by atoms with Crippen LogP contribution in [0.15, 0.2) is 23.6 Å². The van der Waals surface area contributed by atoms with Crippen molar-refractivity contribution in [1.29, 1.82) is 0 Å². The first-order valence-electron chi connectivity index (χ1n) is 6.00. The van der Waals surface area contributed by atoms with E-state index in [0.29, 0.717) is 12.4 Å². The second-order valence-corrected chi connectivity index (χ2v) is 5.12. The highest BCUT2D eigenvalue weighted by Gasteiger charge is 2.12. The van der Waals surface area contributed by atoms with Crippen molar-refractivity contribution in [3.05, 3.63) is 45.4 Å². The molecule has 1 N–H and O–H groups in total. The number of carboxylic acid groups (broad SMARTS) is 1. The van der Waals surface area contributed by atoms with Crippen LogP contribution in [0.2, 0.25) is 0 Å². The van der Waals surface area contributed by atoms with Gasteiger partial charge in [-0.3, -0.25) is 0 Å². The highest BCUT2D eigenvalue weighted by atomic mass is 32.1. The number of carboxylic acids is 1. The van der Waals surface area contributed by atoms with Crippen molar-refractivity contribution in [1.82, 2.24) is 4.98 Å². The van der Waals surface area contributed by atoms with E-state index < -0.39 is 5.97 Å². The van der Waals surface area contributed by atoms with Crippen LogP contribution >= 0.6 is 11.3 Å². The van der Waals surface area contributed by atoms with Crippen molar-refractivity contribution < 1.29 is 14.6 Å². The minimum absolute atomic E-state index is 0.177. The molecule has 1 aromatic carbocycles. The molecule has 0 spiro atoms. The molecule has 0 amide bonds. The van der Waals surface area contributed by atoms with Gasteiger partial charge in [-0.2, -0.15) is 0 Å². The minimum Gasteiger partial charge on any atom is -0.486 e. The predicted molar refractivity (Wildman–Crippen MR) is 74.0 cm³/mol. The first-order chi connectivity index (χ1) is 9.10. The Morgan fingerprint density at radius 3 is 2.89 bits per heavy atom. The van der Waals surface area contributed by atoms with Crippen LogP contribution in [0.4, 0.5) is 0 Å². The zero-order valence-electron chi connectivity index (χ0n) is 10.8. The van der Waals surface area contributed by atoms with Crippen LogP contribution in [0.5, 0.6) is 5.75 Å². The van der Waals surface area contributed by atoms with Gasteiger partial charge in [-0.05, 0) is 31.0 Å². The molecule has 0 aliphatic heterocycles. The molecule has 2 aromatic rings. The molecule has 1 aromatic heterocycles. The summed E-state index contributed by atoms with van der Waals surface area (Å²) in [5.41, 5.74) is 1.98. The van der Waals surface area contributed by atoms with E-state index in [9.17, 15) is 4.79 Å². The Morgan fingerprint density at radius 1 is 1.47 bits per heavy atom. The fourth-order valence-electron chi connectivity index (χ4n) is 1.65. The quantitative estimate of drug-likeness (QED) is 0.911. The Balaban J connectivity index is 2.14. The predicted octanol–water partition coefficient (Wildman–Crippen LogP) is 3.29. The van der Waals surface area contributed by atoms with E-state index in [1.807, 2.05) is 19.2 Å². The minimum atomic E-state index is -0.984. The lowest BCUT2D eigenvalue weighted by Crippen LogP contribution is -2.04. The molecule has 0 saturated heterocycles. The Hall–Kier alpha value is -1.88. The third-order valence-electron chi connectivity index (χ3n) is 2.64. The van der Waals surface area contributed by atoms with Gasteiger partial charge in [-0.15, -0.1) is 11.3 Å². The third-order valence-corrected chi connectivity index (χ3v) is 3.69. The molecule has 0 radical (unpaired) electrons. The largest absolute Gasteiger partial charge is 0.486 e. The van der Waals surface area contributed by atoms with Crippen LogP contribution in [-0.2, 0) is 13.0 Å². The number of aryl methyl sites for hydroxylation is 2. The van der Waals surface area contributed by atoms with Crippen molar-refractivity contribution in [3.63, 3.8) is 0 Å². The van der Waals surface area contributed by atoms with E-state index in [4.69, 9.17) is 9.84 Å². The molecular weight excluding hydrogens is 262 g/mol. The first kappa shape index (κ1) is 13.5. The van der Waals surface area contributed by atoms with Gasteiger partial charge in [0, 0.05) is 5.38 Å². The third kappa shape index (κ3) is 3.32. The normalized spacial score (nSPS) is 10.4. The zero-order valence-corrected chi connectivity index (χ0v) is 11.7. The summed E-state index contributed by atoms with van der Waals surface area (Å²) in [6, 6.07) is 5.05. The zero-order chi connectivity index (χ0) is 13.8. The van der Waals surface area contributed by atoms with Crippen LogP contribution < -0.4 is 4.74 Å². The van der Waals surface area contributed by atoms with Crippen LogP contribution in [0.3, 0.4) is 0 Å². The molecule has 5 heteroatoms. The van der Waals surface area contributed by atoms with E-state index in [-0.39, 0.29) is 5.56 Å². The van der Waals surface area contributed by atoms with Gasteiger partial charge in [0.15, 0.2) is 0 Å². The number of aromatic nitrogens is 1. The second-order valence-electron chi connectivity index (χ2n) is 4.18. The number of benzene rings is 1. The van der Waals surface area contributed by atoms with E-state index in [0.717, 1.165) is 22.7 Å². The lowest BCUT2D eigenvalue weighted by atomic mass is 10.1. The van der Waals surface area contributed by atoms with Gasteiger partial charge in [0.05, 0.1) is 10.7 Å². The molecule has 4 nitrogen and oxygen atoms in total. The maximum Gasteiger partial charge on any atom is 0.339 e. The monoisotopic (exact) mass is 277 g/mol. The highest BCUT2D eigenvalue weighted by molar-refractivity contribution is 7.09. The molecule has 0 fully saturated rings. The van der Waals surface area contributed by atoms with Gasteiger partial charge in [0.2, 0.25) is 0 Å². The summed E-state index contributed by atoms with van der Waals surface area (Å²) in [6.07, 6.45) is 0.898. The van der Waals surface area contributed by atoms with E-state index >= 15 is 0 Å². The van der Waals surface area contributed by atoms with Gasteiger partial charge < -0.3 is 9.84 Å². The van der Waals surface area contributed by atoms with E-state index in [1.165, 1.54) is 0 Å². The van der Waals surface area contributed by atoms with Gasteiger partial charge in [-0.25, -0.2) is 9.78 Å². The maximum absolute atomic E-state index is 11.1. The molecule has 100 valence electrons. The average Bonchev–Trinajstić information content (AvgIpc) is 2.84. The number of thiazole rings is 1. The molecule has 0 atom stereocenters. The molecule has 0 saturated carbocycles. The molecule has 0 aliphatic rings. The molecule has 0 aliphatic carbocycles. The first-order valence-corrected chi connectivity index (χ1v) is 6.88. The summed E-state index contributed by atoms with van der Waals surface area (Å²) in [5.74, 6) is -0.596. The summed E-state index contributed by atoms with van der Waals surface area (Å²) in [4.78, 5) is 15.5. The average molecular weight is 277 g/mol. The lowest BCUT2D eigenvalue weighted by molar-refractivity contribution is 0.0691. The summed E-state index contributed by atoms with van der Waals surface area (Å²) in [5, 5.41) is 12.1. The summed E-state index contributed by atoms with van der Waals surface area (Å²) in [6.45, 7) is 4.24. The van der Waals surface area contributed by atoms with Gasteiger partial charge in [-0.1, -0.05) is 13.0 Å². The van der Waals surface area contributed by atoms with Crippen LogP contribution in [0, 0.1) is 6.92 Å². The Labute approximate surface area is 115 Å². The number of rotatable bonds is 5. The molecule has 0 bridgehead atoms. The molecule has 0 unspecified atom stereocenters. The summed E-state index contributed by atoms with van der Waals surface area (Å²) >= 11 is 1.59. The van der Waals surface area contributed by atoms with E-state index in [2.05, 4.69) is 4.98 Å². The Kier molecular flexibility index (Phi) is 4.16. The van der Waals surface area contributed by atoms with Crippen molar-refractivity contribution in [2.75, 3.05) is 0 Å². The SMILES string of the molecule is CCc1nc(COc2cc(C)ccc2C(=O)O)cs1. The van der Waals surface area contributed by atoms with Gasteiger partial charge in [0.25, 0.3) is 0 Å². The van der Waals surface area contributed by atoms with Crippen molar-refractivity contribution in [3.8, 4) is 5.75 Å². The van der Waals surface area contributed by atoms with Crippen LogP contribution in [-0.4, -0.2) is 16.1 Å². The topological polar surface area (TPSA) is 59.4 Å². The Bertz CT molecular complexity index is 592. The van der Waals surface area contributed by atoms with Crippen molar-refractivity contribution >= 4 is 17.3 Å². The van der Waals surface area contributed by atoms with Crippen LogP contribution in [0.25, 0.3) is 0 Å². The van der Waals surface area contributed by atoms with Gasteiger partial charge in [0.1, 0.15) is 17.9 Å². The molecule has 1 heterocycles. The number of aromatic carboxylic acids is 1. The molecular formula is C14H15NO3S. The van der Waals surface area contributed by atoms with Crippen LogP contribution in [0.1, 0.15) is 33.5 Å². The standard InChI is InChI=1S/C14H15NO3S/c1-3-13-15-10(8-19-13)7-18-12-6-9(2)4-5-11(12)14(16)17/h4-6,8H,3,7H2,1-2H3,(H,16,17). The number of hydrogen-bond acceptors (Lipinski definition) is 4. The molecule has 2 rings (SSSR count). The lowest BCUT2D eigenvalue weighted by Gasteiger charge is -2.08. The smallest absolute Gasteiger partial charge is 0.339 e. The number of hydrogen-bond donors (Lipinski definition) is 1. The van der Waals surface area contributed by atoms with Gasteiger partial charge >= 0.3 is 5.97 Å². The summed E-state index contributed by atoms with van der Waals surface area (Å²) < 4.78 is 5.59. The number of ether oxygens (including phenoxy) is 1. The second kappa shape index (κ2) is 5.84. The maximum atomic E-state index is 11.1. The fraction of sp³-hybridized carbons (Fsp3) is 0.286. The Morgan fingerprint density at radius 2 is 2.26 bits per heavy atom. The number of carbonyl (C=O) groups is 1.